The topological polar surface area (TPSA) is 29.5 Å². The van der Waals surface area contributed by atoms with Gasteiger partial charge >= 0.3 is 12.1 Å². The number of alkyl halides is 6. The smallest absolute Gasteiger partial charge is 0.395 e. The fourth-order valence-corrected chi connectivity index (χ4v) is 1.56. The van der Waals surface area contributed by atoms with Crippen LogP contribution in [0.1, 0.15) is 32.1 Å². The molecule has 0 amide bonds. The number of hydrogen-bond acceptors (Lipinski definition) is 2. The number of aliphatic hydroxyl groups is 1. The third-order valence-electron chi connectivity index (χ3n) is 2.44. The van der Waals surface area contributed by atoms with Gasteiger partial charge in [0.05, 0.1) is 17.1 Å². The van der Waals surface area contributed by atoms with Crippen molar-refractivity contribution in [2.45, 2.75) is 48.1 Å². The molecule has 116 valence electrons. The largest absolute Gasteiger partial charge is 0.453 e. The van der Waals surface area contributed by atoms with Crippen LogP contribution in [0.25, 0.3) is 0 Å². The highest BCUT2D eigenvalue weighted by Gasteiger charge is 2.56. The van der Waals surface area contributed by atoms with Gasteiger partial charge in [0.2, 0.25) is 0 Å². The fourth-order valence-electron chi connectivity index (χ4n) is 1.31. The lowest BCUT2D eigenvalue weighted by molar-refractivity contribution is -0.284. The molecule has 1 atom stereocenters. The van der Waals surface area contributed by atoms with Gasteiger partial charge in [-0.25, -0.2) is 0 Å². The second-order valence-electron chi connectivity index (χ2n) is 4.22. The standard InChI is InChI=1S/C11H18F5IO2/c12-10(13,11(14,15)16)5-3-1-2-4-6-19-8-9(17)7-18/h9,18H,1-8H2. The van der Waals surface area contributed by atoms with Gasteiger partial charge in [0.1, 0.15) is 0 Å². The Hall–Kier alpha value is 0.300. The summed E-state index contributed by atoms with van der Waals surface area (Å²) in [7, 11) is 0. The van der Waals surface area contributed by atoms with Crippen molar-refractivity contribution in [1.82, 2.24) is 0 Å². The number of aliphatic hydroxyl groups excluding tert-OH is 1. The molecule has 19 heavy (non-hydrogen) atoms. The molecule has 0 radical (unpaired) electrons. The van der Waals surface area contributed by atoms with Crippen LogP contribution in [-0.2, 0) is 4.74 Å². The summed E-state index contributed by atoms with van der Waals surface area (Å²) in [5.74, 6) is -4.58. The summed E-state index contributed by atoms with van der Waals surface area (Å²) in [6.45, 7) is 0.853. The second kappa shape index (κ2) is 9.28. The highest BCUT2D eigenvalue weighted by atomic mass is 127. The number of unbranched alkanes of at least 4 members (excludes halogenated alkanes) is 3. The molecule has 0 fully saturated rings. The summed E-state index contributed by atoms with van der Waals surface area (Å²) in [6, 6.07) is 0. The maximum Gasteiger partial charge on any atom is 0.453 e. The van der Waals surface area contributed by atoms with Crippen molar-refractivity contribution in [2.75, 3.05) is 19.8 Å². The lowest BCUT2D eigenvalue weighted by Gasteiger charge is -2.19. The Labute approximate surface area is 122 Å². The average molecular weight is 404 g/mol. The number of rotatable bonds is 10. The Morgan fingerprint density at radius 2 is 1.58 bits per heavy atom. The number of halogens is 6. The van der Waals surface area contributed by atoms with E-state index in [2.05, 4.69) is 0 Å². The van der Waals surface area contributed by atoms with Crippen molar-refractivity contribution in [3.8, 4) is 0 Å². The highest BCUT2D eigenvalue weighted by Crippen LogP contribution is 2.39. The quantitative estimate of drug-likeness (QED) is 0.259. The van der Waals surface area contributed by atoms with Crippen LogP contribution >= 0.6 is 22.6 Å². The van der Waals surface area contributed by atoms with Crippen LogP contribution in [0.5, 0.6) is 0 Å². The van der Waals surface area contributed by atoms with Crippen LogP contribution in [0.15, 0.2) is 0 Å². The van der Waals surface area contributed by atoms with E-state index < -0.39 is 18.5 Å². The highest BCUT2D eigenvalue weighted by molar-refractivity contribution is 14.1. The lowest BCUT2D eigenvalue weighted by atomic mass is 10.1. The molecule has 1 N–H and O–H groups in total. The predicted molar refractivity (Wildman–Crippen MR) is 69.8 cm³/mol. The Kier molecular flexibility index (Phi) is 9.42. The zero-order valence-electron chi connectivity index (χ0n) is 10.4. The molecule has 0 aliphatic rings. The normalized spacial score (nSPS) is 14.7. The summed E-state index contributed by atoms with van der Waals surface area (Å²) < 4.78 is 65.7. The summed E-state index contributed by atoms with van der Waals surface area (Å²) in [4.78, 5) is 0. The molecule has 1 unspecified atom stereocenters. The van der Waals surface area contributed by atoms with Gasteiger partial charge in [0, 0.05) is 13.0 Å². The summed E-state index contributed by atoms with van der Waals surface area (Å²) in [5.41, 5.74) is 0. The minimum atomic E-state index is -5.45. The van der Waals surface area contributed by atoms with Crippen LogP contribution < -0.4 is 0 Å². The average Bonchev–Trinajstić information content (AvgIpc) is 2.30. The van der Waals surface area contributed by atoms with Gasteiger partial charge in [-0.2, -0.15) is 22.0 Å². The molecule has 0 bridgehead atoms. The monoisotopic (exact) mass is 404 g/mol. The Morgan fingerprint density at radius 1 is 1.00 bits per heavy atom. The molecule has 0 aromatic heterocycles. The third-order valence-corrected chi connectivity index (χ3v) is 3.19. The summed E-state index contributed by atoms with van der Waals surface area (Å²) in [6.07, 6.45) is -5.26. The van der Waals surface area contributed by atoms with Crippen LogP contribution in [0.4, 0.5) is 22.0 Å². The molecule has 8 heteroatoms. The Balaban J connectivity index is 3.46. The van der Waals surface area contributed by atoms with E-state index in [4.69, 9.17) is 9.84 Å². The molecule has 0 saturated carbocycles. The van der Waals surface area contributed by atoms with Gasteiger partial charge in [-0.1, -0.05) is 35.4 Å². The molecular formula is C11H18F5IO2. The molecule has 2 nitrogen and oxygen atoms in total. The first-order chi connectivity index (χ1) is 8.70. The van der Waals surface area contributed by atoms with E-state index in [0.717, 1.165) is 0 Å². The Bertz CT molecular complexity index is 236. The van der Waals surface area contributed by atoms with Crippen molar-refractivity contribution in [3.05, 3.63) is 0 Å². The van der Waals surface area contributed by atoms with Gasteiger partial charge < -0.3 is 9.84 Å². The Morgan fingerprint density at radius 3 is 2.11 bits per heavy atom. The molecule has 0 rings (SSSR count). The first kappa shape index (κ1) is 19.3. The van der Waals surface area contributed by atoms with E-state index in [0.29, 0.717) is 32.5 Å². The first-order valence-electron chi connectivity index (χ1n) is 5.98. The van der Waals surface area contributed by atoms with Gasteiger partial charge in [-0.05, 0) is 12.8 Å². The number of ether oxygens (including phenoxy) is 1. The zero-order valence-corrected chi connectivity index (χ0v) is 12.5. The van der Waals surface area contributed by atoms with E-state index in [9.17, 15) is 22.0 Å². The maximum absolute atomic E-state index is 12.5. The van der Waals surface area contributed by atoms with E-state index in [1.807, 2.05) is 22.6 Å². The van der Waals surface area contributed by atoms with Crippen LogP contribution in [0.3, 0.4) is 0 Å². The fraction of sp³-hybridized carbons (Fsp3) is 1.00. The van der Waals surface area contributed by atoms with E-state index in [-0.39, 0.29) is 17.0 Å². The molecule has 0 saturated heterocycles. The first-order valence-corrected chi connectivity index (χ1v) is 7.22. The zero-order chi connectivity index (χ0) is 14.9. The minimum Gasteiger partial charge on any atom is -0.395 e. The van der Waals surface area contributed by atoms with E-state index in [1.54, 1.807) is 0 Å². The predicted octanol–water partition coefficient (Wildman–Crippen LogP) is 3.95. The minimum absolute atomic E-state index is 0.0167. The van der Waals surface area contributed by atoms with Crippen molar-refractivity contribution in [1.29, 1.82) is 0 Å². The maximum atomic E-state index is 12.5. The molecule has 0 aliphatic heterocycles. The van der Waals surface area contributed by atoms with Crippen molar-refractivity contribution < 1.29 is 31.8 Å². The van der Waals surface area contributed by atoms with Gasteiger partial charge in [0.25, 0.3) is 0 Å². The van der Waals surface area contributed by atoms with Crippen LogP contribution in [0.2, 0.25) is 0 Å². The molecule has 0 spiro atoms. The third kappa shape index (κ3) is 8.96. The van der Waals surface area contributed by atoms with Gasteiger partial charge in [0.15, 0.2) is 0 Å². The van der Waals surface area contributed by atoms with Crippen LogP contribution in [0, 0.1) is 0 Å². The second-order valence-corrected chi connectivity index (χ2v) is 5.98. The van der Waals surface area contributed by atoms with E-state index >= 15 is 0 Å². The molecular weight excluding hydrogens is 386 g/mol. The van der Waals surface area contributed by atoms with Crippen LogP contribution in [-0.4, -0.2) is 41.0 Å². The molecule has 0 aromatic carbocycles. The van der Waals surface area contributed by atoms with Gasteiger partial charge in [-0.3, -0.25) is 0 Å². The summed E-state index contributed by atoms with van der Waals surface area (Å²) in [5, 5.41) is 8.70. The molecule has 0 heterocycles. The lowest BCUT2D eigenvalue weighted by Crippen LogP contribution is -2.36. The number of hydrogen-bond donors (Lipinski definition) is 1. The van der Waals surface area contributed by atoms with Crippen molar-refractivity contribution in [2.24, 2.45) is 0 Å². The molecule has 0 aliphatic carbocycles. The summed E-state index contributed by atoms with van der Waals surface area (Å²) >= 11 is 2.03. The SMILES string of the molecule is OCC(I)COCCCCCCC(F)(F)C(F)(F)F. The van der Waals surface area contributed by atoms with Crippen molar-refractivity contribution >= 4 is 22.6 Å². The van der Waals surface area contributed by atoms with Gasteiger partial charge in [-0.15, -0.1) is 0 Å². The van der Waals surface area contributed by atoms with Crippen molar-refractivity contribution in [3.63, 3.8) is 0 Å². The molecule has 0 aromatic rings. The van der Waals surface area contributed by atoms with E-state index in [1.165, 1.54) is 0 Å².